The predicted molar refractivity (Wildman–Crippen MR) is 177 cm³/mol. The van der Waals surface area contributed by atoms with Crippen LogP contribution in [0.25, 0.3) is 0 Å². The Morgan fingerprint density at radius 1 is 0.750 bits per heavy atom. The van der Waals surface area contributed by atoms with Crippen molar-refractivity contribution < 1.29 is 29.2 Å². The highest BCUT2D eigenvalue weighted by atomic mass is 16.7. The molecule has 4 rings (SSSR count). The predicted octanol–water partition coefficient (Wildman–Crippen LogP) is 7.77. The molecule has 2 N–H and O–H groups in total. The summed E-state index contributed by atoms with van der Waals surface area (Å²) in [7, 11) is 0. The second kappa shape index (κ2) is 16.9. The minimum Gasteiger partial charge on any atom is -0.492 e. The topological polar surface area (TPSA) is 77.4 Å². The Morgan fingerprint density at radius 2 is 1.23 bits per heavy atom. The third kappa shape index (κ3) is 8.95. The van der Waals surface area contributed by atoms with Crippen LogP contribution in [0.2, 0.25) is 0 Å². The molecule has 2 fully saturated rings. The molecular formula is C38H58O6. The molecular weight excluding hydrogens is 552 g/mol. The molecule has 2 aromatic carbocycles. The van der Waals surface area contributed by atoms with Crippen molar-refractivity contribution in [3.8, 4) is 0 Å². The van der Waals surface area contributed by atoms with Crippen LogP contribution < -0.4 is 0 Å². The van der Waals surface area contributed by atoms with Gasteiger partial charge in [0.1, 0.15) is 24.1 Å². The third-order valence-electron chi connectivity index (χ3n) is 10.2. The molecule has 0 saturated carbocycles. The van der Waals surface area contributed by atoms with Crippen LogP contribution >= 0.6 is 0 Å². The van der Waals surface area contributed by atoms with Gasteiger partial charge in [-0.3, -0.25) is 0 Å². The van der Waals surface area contributed by atoms with Gasteiger partial charge in [0.15, 0.2) is 0 Å². The summed E-state index contributed by atoms with van der Waals surface area (Å²) in [5, 5.41) is 20.6. The van der Waals surface area contributed by atoms with Crippen molar-refractivity contribution in [3.63, 3.8) is 0 Å². The molecule has 0 radical (unpaired) electrons. The Kier molecular flexibility index (Phi) is 13.9. The van der Waals surface area contributed by atoms with Gasteiger partial charge >= 0.3 is 0 Å². The summed E-state index contributed by atoms with van der Waals surface area (Å²) >= 11 is 0. The first-order chi connectivity index (χ1) is 21.0. The number of hydrogen-bond acceptors (Lipinski definition) is 6. The summed E-state index contributed by atoms with van der Waals surface area (Å²) in [5.41, 5.74) is 2.23. The van der Waals surface area contributed by atoms with Gasteiger partial charge in [0.05, 0.1) is 25.9 Å². The Morgan fingerprint density at radius 3 is 1.73 bits per heavy atom. The Labute approximate surface area is 266 Å². The summed E-state index contributed by atoms with van der Waals surface area (Å²) < 4.78 is 24.1. The van der Waals surface area contributed by atoms with E-state index in [9.17, 15) is 10.2 Å². The van der Waals surface area contributed by atoms with Crippen LogP contribution in [0.5, 0.6) is 0 Å². The molecule has 246 valence electrons. The average Bonchev–Trinajstić information content (AvgIpc) is 3.05. The normalized spacial score (nSPS) is 33.5. The first kappa shape index (κ1) is 36.3. The van der Waals surface area contributed by atoms with Crippen molar-refractivity contribution in [2.45, 2.75) is 112 Å². The van der Waals surface area contributed by atoms with E-state index in [4.69, 9.17) is 18.9 Å². The average molecular weight is 611 g/mol. The second-order valence-electron chi connectivity index (χ2n) is 13.3. The fourth-order valence-electron chi connectivity index (χ4n) is 6.52. The fourth-order valence-corrected chi connectivity index (χ4v) is 6.52. The van der Waals surface area contributed by atoms with Gasteiger partial charge in [0.25, 0.3) is 0 Å². The van der Waals surface area contributed by atoms with Crippen molar-refractivity contribution in [2.24, 2.45) is 35.5 Å². The van der Waals surface area contributed by atoms with Gasteiger partial charge in [-0.2, -0.15) is 0 Å². The zero-order valence-corrected chi connectivity index (χ0v) is 28.3. The molecule has 0 spiro atoms. The summed E-state index contributed by atoms with van der Waals surface area (Å²) in [6, 6.07) is 20.1. The Hall–Kier alpha value is -2.22. The maximum absolute atomic E-state index is 10.8. The van der Waals surface area contributed by atoms with Crippen LogP contribution in [-0.4, -0.2) is 47.0 Å². The van der Waals surface area contributed by atoms with Crippen LogP contribution in [0.3, 0.4) is 0 Å². The molecule has 6 nitrogen and oxygen atoms in total. The minimum atomic E-state index is -1.64. The SMILES string of the molecule is C=C1OC([C@H](C)CC)[C@@H](C)[C@H](C)C1OCc1ccccc1.CC[C@@H](C)C1O[C@@](O)(CO)C(OCc2ccccc2)[C@@H](C)[C@@H]1C. The highest BCUT2D eigenvalue weighted by molar-refractivity contribution is 5.15. The maximum Gasteiger partial charge on any atom is 0.216 e. The van der Waals surface area contributed by atoms with Crippen molar-refractivity contribution in [1.82, 2.24) is 0 Å². The number of aliphatic hydroxyl groups excluding tert-OH is 1. The van der Waals surface area contributed by atoms with Crippen molar-refractivity contribution in [3.05, 3.63) is 84.1 Å². The van der Waals surface area contributed by atoms with Crippen LogP contribution in [0.1, 0.15) is 79.4 Å². The molecule has 2 aliphatic heterocycles. The van der Waals surface area contributed by atoms with Crippen molar-refractivity contribution in [1.29, 1.82) is 0 Å². The zero-order valence-electron chi connectivity index (χ0n) is 28.3. The molecule has 2 heterocycles. The monoisotopic (exact) mass is 610 g/mol. The number of rotatable bonds is 11. The van der Waals surface area contributed by atoms with Gasteiger partial charge in [0.2, 0.25) is 5.79 Å². The van der Waals surface area contributed by atoms with Gasteiger partial charge in [-0.1, -0.05) is 135 Å². The molecule has 0 aliphatic carbocycles. The van der Waals surface area contributed by atoms with E-state index in [1.807, 2.05) is 48.5 Å². The molecule has 0 aromatic heterocycles. The van der Waals surface area contributed by atoms with E-state index in [1.54, 1.807) is 0 Å². The number of ether oxygens (including phenoxy) is 4. The minimum absolute atomic E-state index is 0.0134. The molecule has 0 amide bonds. The first-order valence-corrected chi connectivity index (χ1v) is 16.6. The van der Waals surface area contributed by atoms with Crippen molar-refractivity contribution in [2.75, 3.05) is 6.61 Å². The van der Waals surface area contributed by atoms with Crippen LogP contribution in [0.15, 0.2) is 73.0 Å². The molecule has 2 saturated heterocycles. The van der Waals surface area contributed by atoms with Gasteiger partial charge in [0, 0.05) is 0 Å². The Bertz CT molecular complexity index is 1110. The molecule has 0 bridgehead atoms. The molecule has 2 aromatic rings. The first-order valence-electron chi connectivity index (χ1n) is 16.6. The van der Waals surface area contributed by atoms with E-state index in [2.05, 4.69) is 74.1 Å². The van der Waals surface area contributed by atoms with E-state index in [1.165, 1.54) is 5.56 Å². The number of hydrogen-bond donors (Lipinski definition) is 2. The molecule has 44 heavy (non-hydrogen) atoms. The lowest BCUT2D eigenvalue weighted by atomic mass is 9.76. The molecule has 11 atom stereocenters. The van der Waals surface area contributed by atoms with Crippen LogP contribution in [-0.2, 0) is 32.2 Å². The second-order valence-corrected chi connectivity index (χ2v) is 13.3. The third-order valence-corrected chi connectivity index (χ3v) is 10.2. The molecule has 2 aliphatic rings. The van der Waals surface area contributed by atoms with Gasteiger partial charge in [-0.15, -0.1) is 0 Å². The lowest BCUT2D eigenvalue weighted by Crippen LogP contribution is -2.62. The van der Waals surface area contributed by atoms with Crippen molar-refractivity contribution >= 4 is 0 Å². The van der Waals surface area contributed by atoms with Crippen LogP contribution in [0.4, 0.5) is 0 Å². The van der Waals surface area contributed by atoms with Gasteiger partial charge in [-0.05, 0) is 46.6 Å². The standard InChI is InChI=1S/C19H30O4.C19H28O2/c1-5-13(2)17-14(3)15(4)18(19(21,12-20)23-17)22-11-16-9-7-6-8-10-16;1-6-13(2)18-14(3)15(4)19(16(5)21-18)20-12-17-10-8-7-9-11-17/h6-10,13-15,17-18,20-21H,5,11-12H2,1-4H3;7-11,13-15,18-19H,5-6,12H2,1-4H3/t13-,14+,15+,17?,18?,19+;13-,14+,15+,18?,19?/m11/s1. The van der Waals surface area contributed by atoms with E-state index >= 15 is 0 Å². The highest BCUT2D eigenvalue weighted by Crippen LogP contribution is 2.41. The van der Waals surface area contributed by atoms with E-state index in [-0.39, 0.29) is 30.1 Å². The summed E-state index contributed by atoms with van der Waals surface area (Å²) in [4.78, 5) is 0. The number of benzene rings is 2. The highest BCUT2D eigenvalue weighted by Gasteiger charge is 2.52. The quantitative estimate of drug-likeness (QED) is 0.271. The van der Waals surface area contributed by atoms with Gasteiger partial charge in [-0.25, -0.2) is 0 Å². The lowest BCUT2D eigenvalue weighted by Gasteiger charge is -2.50. The van der Waals surface area contributed by atoms with E-state index < -0.39 is 18.5 Å². The Balaban J connectivity index is 0.000000241. The number of aliphatic hydroxyl groups is 2. The van der Waals surface area contributed by atoms with E-state index in [0.717, 1.165) is 24.2 Å². The van der Waals surface area contributed by atoms with E-state index in [0.29, 0.717) is 36.9 Å². The zero-order chi connectivity index (χ0) is 32.4. The largest absolute Gasteiger partial charge is 0.492 e. The lowest BCUT2D eigenvalue weighted by molar-refractivity contribution is -0.352. The summed E-state index contributed by atoms with van der Waals surface area (Å²) in [6.45, 7) is 22.1. The molecule has 6 heteroatoms. The fraction of sp³-hybridized carbons (Fsp3) is 0.632. The molecule has 4 unspecified atom stereocenters. The summed E-state index contributed by atoms with van der Waals surface area (Å²) in [6.07, 6.45) is 1.71. The van der Waals surface area contributed by atoms with Gasteiger partial charge < -0.3 is 29.2 Å². The van der Waals surface area contributed by atoms with Crippen LogP contribution in [0, 0.1) is 35.5 Å². The summed E-state index contributed by atoms with van der Waals surface area (Å²) in [5.74, 6) is 1.26. The smallest absolute Gasteiger partial charge is 0.216 e. The maximum atomic E-state index is 10.8.